The first kappa shape index (κ1) is 15.0. The van der Waals surface area contributed by atoms with E-state index in [0.29, 0.717) is 22.9 Å². The maximum atomic E-state index is 11.4. The number of carbonyl (C=O) groups excluding carboxylic acids is 1. The fourth-order valence-electron chi connectivity index (χ4n) is 2.06. The number of aromatic nitrogens is 1. The summed E-state index contributed by atoms with van der Waals surface area (Å²) in [4.78, 5) is 36.5. The van der Waals surface area contributed by atoms with Crippen molar-refractivity contribution >= 4 is 33.9 Å². The molecule has 0 bridgehead atoms. The van der Waals surface area contributed by atoms with Crippen LogP contribution in [0, 0.1) is 0 Å². The van der Waals surface area contributed by atoms with Crippen LogP contribution >= 0.6 is 11.3 Å². The van der Waals surface area contributed by atoms with Crippen LogP contribution in [0.4, 0.5) is 4.79 Å². The fourth-order valence-corrected chi connectivity index (χ4v) is 2.96. The van der Waals surface area contributed by atoms with Gasteiger partial charge < -0.3 is 20.0 Å². The second-order valence-electron chi connectivity index (χ2n) is 4.57. The number of aldehydes is 1. The number of rotatable bonds is 5. The van der Waals surface area contributed by atoms with Crippen molar-refractivity contribution in [1.29, 1.82) is 0 Å². The van der Waals surface area contributed by atoms with E-state index in [1.54, 1.807) is 6.07 Å². The molecule has 1 atom stereocenters. The summed E-state index contributed by atoms with van der Waals surface area (Å²) in [6, 6.07) is 2.36. The molecule has 1 heterocycles. The van der Waals surface area contributed by atoms with Gasteiger partial charge in [0.05, 0.1) is 10.7 Å². The predicted molar refractivity (Wildman–Crippen MR) is 78.1 cm³/mol. The fraction of sp³-hybridized carbons (Fsp3) is 0.308. The SMILES string of the molecule is CC(C=O)N(CCc1ccc(O)c2[nH]c(=O)sc12)C(=O)O. The van der Waals surface area contributed by atoms with Gasteiger partial charge >= 0.3 is 11.0 Å². The van der Waals surface area contributed by atoms with E-state index in [1.807, 2.05) is 0 Å². The lowest BCUT2D eigenvalue weighted by Crippen LogP contribution is -2.39. The molecule has 3 N–H and O–H groups in total. The molecule has 2 aromatic rings. The van der Waals surface area contributed by atoms with Crippen molar-refractivity contribution in [1.82, 2.24) is 9.88 Å². The molecule has 2 rings (SSSR count). The van der Waals surface area contributed by atoms with Crippen LogP contribution in [-0.2, 0) is 11.2 Å². The number of phenols is 1. The van der Waals surface area contributed by atoms with Gasteiger partial charge in [-0.25, -0.2) is 4.79 Å². The number of carboxylic acid groups (broad SMARTS) is 1. The van der Waals surface area contributed by atoms with Crippen LogP contribution in [0.5, 0.6) is 5.75 Å². The topological polar surface area (TPSA) is 111 Å². The van der Waals surface area contributed by atoms with Crippen LogP contribution < -0.4 is 4.87 Å². The van der Waals surface area contributed by atoms with Gasteiger partial charge in [0.15, 0.2) is 0 Å². The molecule has 8 heteroatoms. The number of fused-ring (bicyclic) bond motifs is 1. The van der Waals surface area contributed by atoms with Crippen LogP contribution in [0.3, 0.4) is 0 Å². The number of thiazole rings is 1. The summed E-state index contributed by atoms with van der Waals surface area (Å²) in [6.07, 6.45) is -0.267. The number of H-pyrrole nitrogens is 1. The maximum absolute atomic E-state index is 11.4. The van der Waals surface area contributed by atoms with Gasteiger partial charge in [0, 0.05) is 6.54 Å². The van der Waals surface area contributed by atoms with Crippen molar-refractivity contribution in [2.45, 2.75) is 19.4 Å². The molecular formula is C13H14N2O5S. The van der Waals surface area contributed by atoms with Crippen LogP contribution in [0.15, 0.2) is 16.9 Å². The van der Waals surface area contributed by atoms with Crippen molar-refractivity contribution in [3.8, 4) is 5.75 Å². The average Bonchev–Trinajstić information content (AvgIpc) is 2.83. The van der Waals surface area contributed by atoms with Crippen LogP contribution in [-0.4, -0.2) is 45.1 Å². The molecule has 1 aromatic carbocycles. The number of carbonyl (C=O) groups is 2. The Morgan fingerprint density at radius 3 is 2.86 bits per heavy atom. The molecule has 0 aliphatic rings. The molecule has 112 valence electrons. The quantitative estimate of drug-likeness (QED) is 0.723. The van der Waals surface area contributed by atoms with Crippen molar-refractivity contribution in [2.24, 2.45) is 0 Å². The van der Waals surface area contributed by atoms with E-state index in [4.69, 9.17) is 5.11 Å². The van der Waals surface area contributed by atoms with Crippen LogP contribution in [0.2, 0.25) is 0 Å². The third-order valence-electron chi connectivity index (χ3n) is 3.20. The molecular weight excluding hydrogens is 296 g/mol. The molecule has 0 aliphatic carbocycles. The molecule has 0 radical (unpaired) electrons. The lowest BCUT2D eigenvalue weighted by atomic mass is 10.1. The van der Waals surface area contributed by atoms with Gasteiger partial charge in [-0.1, -0.05) is 17.4 Å². The van der Waals surface area contributed by atoms with Gasteiger partial charge in [-0.2, -0.15) is 0 Å². The molecule has 0 fully saturated rings. The van der Waals surface area contributed by atoms with Gasteiger partial charge in [0.1, 0.15) is 17.6 Å². The van der Waals surface area contributed by atoms with E-state index < -0.39 is 12.1 Å². The highest BCUT2D eigenvalue weighted by atomic mass is 32.1. The maximum Gasteiger partial charge on any atom is 0.407 e. The number of benzene rings is 1. The van der Waals surface area contributed by atoms with E-state index in [9.17, 15) is 19.5 Å². The Morgan fingerprint density at radius 2 is 2.24 bits per heavy atom. The highest BCUT2D eigenvalue weighted by Crippen LogP contribution is 2.28. The van der Waals surface area contributed by atoms with Gasteiger partial charge in [-0.3, -0.25) is 9.69 Å². The van der Waals surface area contributed by atoms with Gasteiger partial charge in [-0.05, 0) is 25.0 Å². The zero-order valence-corrected chi connectivity index (χ0v) is 12.0. The van der Waals surface area contributed by atoms with Crippen molar-refractivity contribution in [3.63, 3.8) is 0 Å². The Kier molecular flexibility index (Phi) is 4.27. The molecule has 1 amide bonds. The van der Waals surface area contributed by atoms with Crippen molar-refractivity contribution < 1.29 is 19.8 Å². The number of amides is 1. The third kappa shape index (κ3) is 3.05. The number of phenolic OH excluding ortho intramolecular Hbond substituents is 1. The summed E-state index contributed by atoms with van der Waals surface area (Å²) in [5.41, 5.74) is 1.10. The number of hydrogen-bond acceptors (Lipinski definition) is 5. The molecule has 0 spiro atoms. The number of nitrogens with zero attached hydrogens (tertiary/aromatic N) is 1. The Labute approximate surface area is 123 Å². The minimum Gasteiger partial charge on any atom is -0.506 e. The predicted octanol–water partition coefficient (Wildman–Crippen LogP) is 1.41. The Morgan fingerprint density at radius 1 is 1.52 bits per heavy atom. The summed E-state index contributed by atoms with van der Waals surface area (Å²) in [7, 11) is 0. The van der Waals surface area contributed by atoms with Crippen LogP contribution in [0.1, 0.15) is 12.5 Å². The smallest absolute Gasteiger partial charge is 0.407 e. The Balaban J connectivity index is 2.28. The van der Waals surface area contributed by atoms with E-state index in [1.165, 1.54) is 13.0 Å². The summed E-state index contributed by atoms with van der Waals surface area (Å²) >= 11 is 0.961. The summed E-state index contributed by atoms with van der Waals surface area (Å²) in [6.45, 7) is 1.63. The normalized spacial score (nSPS) is 12.2. The molecule has 0 aliphatic heterocycles. The monoisotopic (exact) mass is 310 g/mol. The van der Waals surface area contributed by atoms with Crippen LogP contribution in [0.25, 0.3) is 10.2 Å². The summed E-state index contributed by atoms with van der Waals surface area (Å²) < 4.78 is 0.601. The zero-order chi connectivity index (χ0) is 15.6. The second-order valence-corrected chi connectivity index (χ2v) is 5.55. The number of hydrogen-bond donors (Lipinski definition) is 3. The van der Waals surface area contributed by atoms with E-state index in [2.05, 4.69) is 4.98 Å². The van der Waals surface area contributed by atoms with Crippen molar-refractivity contribution in [3.05, 3.63) is 27.4 Å². The molecule has 1 unspecified atom stereocenters. The first-order valence-electron chi connectivity index (χ1n) is 6.22. The number of aromatic hydroxyl groups is 1. The zero-order valence-electron chi connectivity index (χ0n) is 11.2. The first-order valence-corrected chi connectivity index (χ1v) is 7.04. The minimum atomic E-state index is -1.17. The van der Waals surface area contributed by atoms with Crippen molar-refractivity contribution in [2.75, 3.05) is 6.54 Å². The highest BCUT2D eigenvalue weighted by Gasteiger charge is 2.19. The van der Waals surface area contributed by atoms with E-state index in [0.717, 1.165) is 21.8 Å². The highest BCUT2D eigenvalue weighted by molar-refractivity contribution is 7.16. The standard InChI is InChI=1S/C13H14N2O5S/c1-7(6-16)15(13(19)20)5-4-8-2-3-9(17)10-11(8)21-12(18)14-10/h2-3,6-7,17H,4-5H2,1H3,(H,14,18)(H,19,20). The second kappa shape index (κ2) is 5.96. The largest absolute Gasteiger partial charge is 0.506 e. The molecule has 1 aromatic heterocycles. The van der Waals surface area contributed by atoms with E-state index >= 15 is 0 Å². The Bertz CT molecular complexity index is 736. The van der Waals surface area contributed by atoms with E-state index in [-0.39, 0.29) is 17.2 Å². The number of aromatic amines is 1. The summed E-state index contributed by atoms with van der Waals surface area (Å²) in [5, 5.41) is 18.8. The first-order chi connectivity index (χ1) is 9.93. The van der Waals surface area contributed by atoms with Gasteiger partial charge in [-0.15, -0.1) is 0 Å². The van der Waals surface area contributed by atoms with Gasteiger partial charge in [0.25, 0.3) is 0 Å². The van der Waals surface area contributed by atoms with Gasteiger partial charge in [0.2, 0.25) is 0 Å². The molecule has 7 nitrogen and oxygen atoms in total. The molecule has 21 heavy (non-hydrogen) atoms. The minimum absolute atomic E-state index is 0.0246. The average molecular weight is 310 g/mol. The molecule has 0 saturated carbocycles. The summed E-state index contributed by atoms with van der Waals surface area (Å²) in [5.74, 6) is -0.0246. The lowest BCUT2D eigenvalue weighted by Gasteiger charge is -2.22. The Hall–Kier alpha value is -2.35. The third-order valence-corrected chi connectivity index (χ3v) is 4.15. The molecule has 0 saturated heterocycles. The number of nitrogens with one attached hydrogen (secondary N) is 1. The lowest BCUT2D eigenvalue weighted by molar-refractivity contribution is -0.111.